The van der Waals surface area contributed by atoms with E-state index in [0.717, 1.165) is 23.3 Å². The Bertz CT molecular complexity index is 891. The third kappa shape index (κ3) is 3.20. The molecule has 1 aliphatic heterocycles. The Morgan fingerprint density at radius 1 is 1.19 bits per heavy atom. The van der Waals surface area contributed by atoms with Crippen LogP contribution in [0.5, 0.6) is 5.75 Å². The maximum atomic E-state index is 13.1. The van der Waals surface area contributed by atoms with Crippen molar-refractivity contribution in [1.82, 2.24) is 14.5 Å². The third-order valence-electron chi connectivity index (χ3n) is 4.93. The number of hydrogen-bond donors (Lipinski definition) is 0. The summed E-state index contributed by atoms with van der Waals surface area (Å²) in [4.78, 5) is 19.1. The van der Waals surface area contributed by atoms with E-state index in [0.29, 0.717) is 13.1 Å². The predicted molar refractivity (Wildman–Crippen MR) is 98.7 cm³/mol. The van der Waals surface area contributed by atoms with Gasteiger partial charge in [0.2, 0.25) is 5.91 Å². The molecule has 1 aromatic heterocycles. The number of benzene rings is 2. The molecule has 1 aliphatic rings. The van der Waals surface area contributed by atoms with Gasteiger partial charge in [0.25, 0.3) is 0 Å². The predicted octanol–water partition coefficient (Wildman–Crippen LogP) is 3.22. The van der Waals surface area contributed by atoms with Crippen LogP contribution in [0, 0.1) is 0 Å². The van der Waals surface area contributed by atoms with Crippen LogP contribution in [0.2, 0.25) is 0 Å². The Labute approximate surface area is 152 Å². The quantitative estimate of drug-likeness (QED) is 0.728. The Morgan fingerprint density at radius 2 is 2.04 bits per heavy atom. The molecule has 0 fully saturated rings. The van der Waals surface area contributed by atoms with Gasteiger partial charge in [0.1, 0.15) is 12.3 Å². The highest BCUT2D eigenvalue weighted by Crippen LogP contribution is 2.35. The Morgan fingerprint density at radius 3 is 2.77 bits per heavy atom. The number of rotatable bonds is 4. The van der Waals surface area contributed by atoms with Gasteiger partial charge in [-0.25, -0.2) is 4.98 Å². The highest BCUT2D eigenvalue weighted by molar-refractivity contribution is 5.77. The van der Waals surface area contributed by atoms with Crippen LogP contribution in [0.25, 0.3) is 0 Å². The molecule has 3 aromatic rings. The largest absolute Gasteiger partial charge is 0.497 e. The number of ether oxygens (including phenoxy) is 1. The summed E-state index contributed by atoms with van der Waals surface area (Å²) in [6.45, 7) is 0.877. The first-order chi connectivity index (χ1) is 12.7. The van der Waals surface area contributed by atoms with Gasteiger partial charge >= 0.3 is 0 Å². The van der Waals surface area contributed by atoms with Crippen LogP contribution < -0.4 is 4.74 Å². The molecule has 2 aromatic carbocycles. The van der Waals surface area contributed by atoms with Gasteiger partial charge in [-0.3, -0.25) is 4.79 Å². The fraction of sp³-hybridized carbons (Fsp3) is 0.238. The minimum Gasteiger partial charge on any atom is -0.497 e. The van der Waals surface area contributed by atoms with E-state index in [-0.39, 0.29) is 11.9 Å². The van der Waals surface area contributed by atoms with Crippen LogP contribution in [0.15, 0.2) is 67.3 Å². The first-order valence-corrected chi connectivity index (χ1v) is 8.70. The van der Waals surface area contributed by atoms with E-state index in [4.69, 9.17) is 4.74 Å². The van der Waals surface area contributed by atoms with Crippen LogP contribution in [-0.2, 0) is 24.3 Å². The number of amides is 1. The molecule has 0 radical (unpaired) electrons. The first kappa shape index (κ1) is 16.4. The van der Waals surface area contributed by atoms with E-state index < -0.39 is 0 Å². The van der Waals surface area contributed by atoms with E-state index in [1.54, 1.807) is 19.6 Å². The minimum absolute atomic E-state index is 0.0353. The zero-order chi connectivity index (χ0) is 17.9. The van der Waals surface area contributed by atoms with Crippen molar-refractivity contribution in [2.45, 2.75) is 25.6 Å². The van der Waals surface area contributed by atoms with Crippen molar-refractivity contribution in [1.29, 1.82) is 0 Å². The number of carbonyl (C=O) groups excluding carboxylic acids is 1. The molecule has 1 atom stereocenters. The monoisotopic (exact) mass is 347 g/mol. The summed E-state index contributed by atoms with van der Waals surface area (Å²) in [5, 5.41) is 0. The highest BCUT2D eigenvalue weighted by atomic mass is 16.5. The Balaban J connectivity index is 1.68. The van der Waals surface area contributed by atoms with Gasteiger partial charge in [-0.05, 0) is 35.2 Å². The summed E-state index contributed by atoms with van der Waals surface area (Å²) < 4.78 is 7.17. The second-order valence-electron chi connectivity index (χ2n) is 6.52. The van der Waals surface area contributed by atoms with Crippen molar-refractivity contribution in [3.63, 3.8) is 0 Å². The molecule has 5 heteroatoms. The van der Waals surface area contributed by atoms with Gasteiger partial charge in [0, 0.05) is 18.9 Å². The highest BCUT2D eigenvalue weighted by Gasteiger charge is 2.31. The maximum Gasteiger partial charge on any atom is 0.243 e. The summed E-state index contributed by atoms with van der Waals surface area (Å²) in [6, 6.07) is 16.4. The average molecular weight is 347 g/mol. The van der Waals surface area contributed by atoms with Crippen LogP contribution in [0.1, 0.15) is 22.7 Å². The second kappa shape index (κ2) is 7.04. The standard InChI is InChI=1S/C21H21N3O2/c1-26-19-8-7-17-12-20(16-5-3-2-4-6-16)24(13-18(17)11-19)21(25)14-23-10-9-22-15-23/h2-11,15,20H,12-14H2,1H3/t20-/m0/s1. The molecular formula is C21H21N3O2. The molecule has 1 amide bonds. The van der Waals surface area contributed by atoms with Crippen molar-refractivity contribution >= 4 is 5.91 Å². The molecule has 26 heavy (non-hydrogen) atoms. The number of nitrogens with zero attached hydrogens (tertiary/aromatic N) is 3. The Hall–Kier alpha value is -3.08. The number of methoxy groups -OCH3 is 1. The maximum absolute atomic E-state index is 13.1. The number of fused-ring (bicyclic) bond motifs is 1. The van der Waals surface area contributed by atoms with Crippen molar-refractivity contribution in [2.75, 3.05) is 7.11 Å². The molecule has 0 N–H and O–H groups in total. The van der Waals surface area contributed by atoms with Crippen LogP contribution in [-0.4, -0.2) is 27.5 Å². The summed E-state index contributed by atoms with van der Waals surface area (Å²) in [5.41, 5.74) is 3.58. The molecule has 0 saturated carbocycles. The summed E-state index contributed by atoms with van der Waals surface area (Å²) in [6.07, 6.45) is 5.99. The molecule has 2 heterocycles. The van der Waals surface area contributed by atoms with E-state index in [9.17, 15) is 4.79 Å². The minimum atomic E-state index is 0.0353. The molecular weight excluding hydrogens is 326 g/mol. The summed E-state index contributed by atoms with van der Waals surface area (Å²) >= 11 is 0. The Kier molecular flexibility index (Phi) is 4.44. The van der Waals surface area contributed by atoms with Crippen LogP contribution >= 0.6 is 0 Å². The van der Waals surface area contributed by atoms with E-state index in [1.807, 2.05) is 46.0 Å². The van der Waals surface area contributed by atoms with E-state index >= 15 is 0 Å². The van der Waals surface area contributed by atoms with Gasteiger partial charge in [-0.15, -0.1) is 0 Å². The number of hydrogen-bond acceptors (Lipinski definition) is 3. The van der Waals surface area contributed by atoms with Crippen molar-refractivity contribution < 1.29 is 9.53 Å². The van der Waals surface area contributed by atoms with E-state index in [1.165, 1.54) is 5.56 Å². The summed E-state index contributed by atoms with van der Waals surface area (Å²) in [5.74, 6) is 0.911. The van der Waals surface area contributed by atoms with E-state index in [2.05, 4.69) is 23.2 Å². The molecule has 0 spiro atoms. The molecule has 0 aliphatic carbocycles. The lowest BCUT2D eigenvalue weighted by Crippen LogP contribution is -2.40. The molecule has 4 rings (SSSR count). The zero-order valence-electron chi connectivity index (χ0n) is 14.7. The molecule has 132 valence electrons. The number of aromatic nitrogens is 2. The summed E-state index contributed by atoms with van der Waals surface area (Å²) in [7, 11) is 1.67. The van der Waals surface area contributed by atoms with Crippen molar-refractivity contribution in [3.05, 3.63) is 83.9 Å². The fourth-order valence-corrected chi connectivity index (χ4v) is 3.55. The lowest BCUT2D eigenvalue weighted by atomic mass is 9.89. The lowest BCUT2D eigenvalue weighted by Gasteiger charge is -2.37. The topological polar surface area (TPSA) is 47.4 Å². The SMILES string of the molecule is COc1ccc2c(c1)CN(C(=O)Cn1ccnc1)[C@H](c1ccccc1)C2. The third-order valence-corrected chi connectivity index (χ3v) is 4.93. The van der Waals surface area contributed by atoms with Gasteiger partial charge in [0.05, 0.1) is 19.5 Å². The first-order valence-electron chi connectivity index (χ1n) is 8.70. The average Bonchev–Trinajstić information content (AvgIpc) is 3.20. The second-order valence-corrected chi connectivity index (χ2v) is 6.52. The molecule has 0 saturated heterocycles. The lowest BCUT2D eigenvalue weighted by molar-refractivity contribution is -0.135. The van der Waals surface area contributed by atoms with Crippen molar-refractivity contribution in [2.24, 2.45) is 0 Å². The smallest absolute Gasteiger partial charge is 0.243 e. The van der Waals surface area contributed by atoms with Gasteiger partial charge in [-0.2, -0.15) is 0 Å². The van der Waals surface area contributed by atoms with Gasteiger partial charge in [-0.1, -0.05) is 36.4 Å². The molecule has 0 unspecified atom stereocenters. The molecule has 0 bridgehead atoms. The zero-order valence-corrected chi connectivity index (χ0v) is 14.7. The van der Waals surface area contributed by atoms with Gasteiger partial charge < -0.3 is 14.2 Å². The van der Waals surface area contributed by atoms with Crippen LogP contribution in [0.4, 0.5) is 0 Å². The number of imidazole rings is 1. The fourth-order valence-electron chi connectivity index (χ4n) is 3.55. The molecule has 5 nitrogen and oxygen atoms in total. The normalized spacial score (nSPS) is 16.2. The van der Waals surface area contributed by atoms with Crippen LogP contribution in [0.3, 0.4) is 0 Å². The number of carbonyl (C=O) groups is 1. The van der Waals surface area contributed by atoms with Gasteiger partial charge in [0.15, 0.2) is 0 Å². The van der Waals surface area contributed by atoms with Crippen molar-refractivity contribution in [3.8, 4) is 5.75 Å².